The second-order valence-corrected chi connectivity index (χ2v) is 5.03. The van der Waals surface area contributed by atoms with Crippen molar-refractivity contribution in [2.75, 3.05) is 0 Å². The Hall–Kier alpha value is -2.35. The largest absolute Gasteiger partial charge is 0.307 e. The molecule has 0 atom stereocenters. The number of nitro groups is 1. The predicted octanol–water partition coefficient (Wildman–Crippen LogP) is 1.63. The van der Waals surface area contributed by atoms with Crippen molar-refractivity contribution in [2.45, 2.75) is 32.0 Å². The van der Waals surface area contributed by atoms with Crippen molar-refractivity contribution in [3.63, 3.8) is 0 Å². The molecule has 1 fully saturated rings. The third-order valence-corrected chi connectivity index (χ3v) is 3.36. The molecule has 110 valence electrons. The molecule has 8 heteroatoms. The van der Waals surface area contributed by atoms with Crippen LogP contribution in [-0.4, -0.2) is 25.7 Å². The summed E-state index contributed by atoms with van der Waals surface area (Å²) >= 11 is 0. The second-order valence-electron chi connectivity index (χ2n) is 5.03. The van der Waals surface area contributed by atoms with Crippen LogP contribution in [0.25, 0.3) is 0 Å². The number of nitrogens with zero attached hydrogens (tertiary/aromatic N) is 4. The molecule has 0 unspecified atom stereocenters. The number of hydrogen-bond donors (Lipinski definition) is 1. The van der Waals surface area contributed by atoms with Gasteiger partial charge in [0.2, 0.25) is 5.82 Å². The van der Waals surface area contributed by atoms with Crippen LogP contribution in [0.3, 0.4) is 0 Å². The van der Waals surface area contributed by atoms with Gasteiger partial charge in [-0.25, -0.2) is 9.67 Å². The van der Waals surface area contributed by atoms with Crippen molar-refractivity contribution in [3.8, 4) is 0 Å². The van der Waals surface area contributed by atoms with Gasteiger partial charge in [0.05, 0.1) is 18.0 Å². The van der Waals surface area contributed by atoms with Gasteiger partial charge in [0.25, 0.3) is 0 Å². The van der Waals surface area contributed by atoms with E-state index in [0.717, 1.165) is 11.9 Å². The van der Waals surface area contributed by atoms with Gasteiger partial charge in [0.15, 0.2) is 0 Å². The summed E-state index contributed by atoms with van der Waals surface area (Å²) in [5.41, 5.74) is 0.0873. The molecular formula is C13H14FN5O2. The molecule has 2 aromatic rings. The fourth-order valence-electron chi connectivity index (χ4n) is 2.05. The molecule has 1 aromatic heterocycles. The van der Waals surface area contributed by atoms with Gasteiger partial charge in [0.1, 0.15) is 12.2 Å². The molecule has 0 radical (unpaired) electrons. The zero-order valence-corrected chi connectivity index (χ0v) is 11.2. The Morgan fingerprint density at radius 2 is 2.29 bits per heavy atom. The molecule has 21 heavy (non-hydrogen) atoms. The SMILES string of the molecule is O=[N+]([O-])c1ccc(Cn2ncnc2CNC2CC2)cc1F. The summed E-state index contributed by atoms with van der Waals surface area (Å²) in [6.07, 6.45) is 3.81. The lowest BCUT2D eigenvalue weighted by Gasteiger charge is -2.07. The third kappa shape index (κ3) is 3.22. The first-order valence-electron chi connectivity index (χ1n) is 6.66. The summed E-state index contributed by atoms with van der Waals surface area (Å²) in [4.78, 5) is 14.0. The number of rotatable bonds is 6. The molecule has 3 rings (SSSR count). The summed E-state index contributed by atoms with van der Waals surface area (Å²) < 4.78 is 15.3. The lowest BCUT2D eigenvalue weighted by atomic mass is 10.2. The van der Waals surface area contributed by atoms with Gasteiger partial charge in [0, 0.05) is 12.1 Å². The maximum absolute atomic E-state index is 13.6. The number of nitro benzene ring substituents is 1. The third-order valence-electron chi connectivity index (χ3n) is 3.36. The van der Waals surface area contributed by atoms with Gasteiger partial charge in [-0.15, -0.1) is 0 Å². The summed E-state index contributed by atoms with van der Waals surface area (Å²) in [6, 6.07) is 4.43. The van der Waals surface area contributed by atoms with Crippen LogP contribution >= 0.6 is 0 Å². The number of halogens is 1. The first-order valence-corrected chi connectivity index (χ1v) is 6.66. The van der Waals surface area contributed by atoms with E-state index < -0.39 is 16.4 Å². The van der Waals surface area contributed by atoms with E-state index in [2.05, 4.69) is 15.4 Å². The summed E-state index contributed by atoms with van der Waals surface area (Å²) in [6.45, 7) is 0.941. The van der Waals surface area contributed by atoms with Crippen molar-refractivity contribution in [1.29, 1.82) is 0 Å². The van der Waals surface area contributed by atoms with Crippen LogP contribution in [0.15, 0.2) is 24.5 Å². The predicted molar refractivity (Wildman–Crippen MR) is 72.0 cm³/mol. The van der Waals surface area contributed by atoms with Gasteiger partial charge in [-0.1, -0.05) is 6.07 Å². The quantitative estimate of drug-likeness (QED) is 0.645. The molecule has 1 saturated carbocycles. The molecule has 0 amide bonds. The fraction of sp³-hybridized carbons (Fsp3) is 0.385. The van der Waals surface area contributed by atoms with E-state index >= 15 is 0 Å². The highest BCUT2D eigenvalue weighted by molar-refractivity contribution is 5.35. The zero-order chi connectivity index (χ0) is 14.8. The summed E-state index contributed by atoms with van der Waals surface area (Å²) in [5.74, 6) is -0.0732. The van der Waals surface area contributed by atoms with Crippen LogP contribution in [0.1, 0.15) is 24.2 Å². The molecular weight excluding hydrogens is 277 g/mol. The average Bonchev–Trinajstić information content (AvgIpc) is 3.17. The highest BCUT2D eigenvalue weighted by Crippen LogP contribution is 2.20. The number of aromatic nitrogens is 3. The number of nitrogens with one attached hydrogen (secondary N) is 1. The van der Waals surface area contributed by atoms with E-state index in [-0.39, 0.29) is 0 Å². The Balaban J connectivity index is 1.72. The van der Waals surface area contributed by atoms with E-state index in [1.54, 1.807) is 4.68 Å². The topological polar surface area (TPSA) is 85.9 Å². The first kappa shape index (κ1) is 13.6. The molecule has 7 nitrogen and oxygen atoms in total. The minimum atomic E-state index is -0.838. The van der Waals surface area contributed by atoms with Gasteiger partial charge in [-0.3, -0.25) is 10.1 Å². The molecule has 1 aliphatic rings. The van der Waals surface area contributed by atoms with Gasteiger partial charge in [-0.05, 0) is 24.5 Å². The normalized spacial score (nSPS) is 14.3. The lowest BCUT2D eigenvalue weighted by molar-refractivity contribution is -0.387. The molecule has 0 aliphatic heterocycles. The molecule has 0 saturated heterocycles. The monoisotopic (exact) mass is 291 g/mol. The number of benzene rings is 1. The Labute approximate surface area is 120 Å². The van der Waals surface area contributed by atoms with Crippen LogP contribution in [-0.2, 0) is 13.1 Å². The van der Waals surface area contributed by atoms with Gasteiger partial charge < -0.3 is 5.32 Å². The van der Waals surface area contributed by atoms with E-state index in [4.69, 9.17) is 0 Å². The van der Waals surface area contributed by atoms with E-state index in [0.29, 0.717) is 24.7 Å². The highest BCUT2D eigenvalue weighted by Gasteiger charge is 2.21. The van der Waals surface area contributed by atoms with Gasteiger partial charge >= 0.3 is 5.69 Å². The van der Waals surface area contributed by atoms with Crippen molar-refractivity contribution in [2.24, 2.45) is 0 Å². The second kappa shape index (κ2) is 5.57. The fourth-order valence-corrected chi connectivity index (χ4v) is 2.05. The maximum Gasteiger partial charge on any atom is 0.304 e. The van der Waals surface area contributed by atoms with Crippen molar-refractivity contribution >= 4 is 5.69 Å². The smallest absolute Gasteiger partial charge is 0.304 e. The number of hydrogen-bond acceptors (Lipinski definition) is 5. The van der Waals surface area contributed by atoms with Crippen molar-refractivity contribution < 1.29 is 9.31 Å². The van der Waals surface area contributed by atoms with Gasteiger partial charge in [-0.2, -0.15) is 9.49 Å². The maximum atomic E-state index is 13.6. The highest BCUT2D eigenvalue weighted by atomic mass is 19.1. The van der Waals surface area contributed by atoms with Crippen molar-refractivity contribution in [3.05, 3.63) is 51.8 Å². The van der Waals surface area contributed by atoms with E-state index in [9.17, 15) is 14.5 Å². The van der Waals surface area contributed by atoms with Crippen LogP contribution in [0.2, 0.25) is 0 Å². The Morgan fingerprint density at radius 1 is 1.48 bits per heavy atom. The minimum absolute atomic E-state index is 0.330. The molecule has 1 aromatic carbocycles. The molecule has 1 heterocycles. The first-order chi connectivity index (χ1) is 10.1. The van der Waals surface area contributed by atoms with Crippen LogP contribution < -0.4 is 5.32 Å². The van der Waals surface area contributed by atoms with Crippen LogP contribution in [0, 0.1) is 15.9 Å². The molecule has 1 aliphatic carbocycles. The summed E-state index contributed by atoms with van der Waals surface area (Å²) in [7, 11) is 0. The Bertz CT molecular complexity index is 668. The van der Waals surface area contributed by atoms with E-state index in [1.165, 1.54) is 31.3 Å². The van der Waals surface area contributed by atoms with Crippen LogP contribution in [0.4, 0.5) is 10.1 Å². The minimum Gasteiger partial charge on any atom is -0.307 e. The molecule has 0 bridgehead atoms. The molecule has 0 spiro atoms. The van der Waals surface area contributed by atoms with E-state index in [1.807, 2.05) is 0 Å². The lowest BCUT2D eigenvalue weighted by Crippen LogP contribution is -2.19. The standard InChI is InChI=1S/C13H14FN5O2/c14-11-5-9(1-4-12(11)19(20)21)7-18-13(16-8-17-18)6-15-10-2-3-10/h1,4-5,8,10,15H,2-3,6-7H2. The molecule has 1 N–H and O–H groups in total. The zero-order valence-electron chi connectivity index (χ0n) is 11.2. The van der Waals surface area contributed by atoms with Crippen molar-refractivity contribution in [1.82, 2.24) is 20.1 Å². The Morgan fingerprint density at radius 3 is 2.95 bits per heavy atom. The Kier molecular flexibility index (Phi) is 3.61. The average molecular weight is 291 g/mol. The van der Waals surface area contributed by atoms with Crippen LogP contribution in [0.5, 0.6) is 0 Å². The summed E-state index contributed by atoms with van der Waals surface area (Å²) in [5, 5.41) is 18.0.